The number of likely N-dealkylation sites (N-methyl/N-ethyl adjacent to an activating group) is 1. The summed E-state index contributed by atoms with van der Waals surface area (Å²) in [7, 11) is 1.97. The highest BCUT2D eigenvalue weighted by Crippen LogP contribution is 2.15. The van der Waals surface area contributed by atoms with Crippen molar-refractivity contribution in [2.75, 3.05) is 39.8 Å². The van der Waals surface area contributed by atoms with Crippen molar-refractivity contribution in [2.24, 2.45) is 0 Å². The number of nitrogens with one attached hydrogen (secondary N) is 2. The van der Waals surface area contributed by atoms with Gasteiger partial charge in [0.05, 0.1) is 12.6 Å². The van der Waals surface area contributed by atoms with Crippen LogP contribution in [-0.4, -0.2) is 62.8 Å². The fraction of sp³-hybridized carbons (Fsp3) is 0.923. The van der Waals surface area contributed by atoms with Crippen molar-refractivity contribution < 1.29 is 9.53 Å². The van der Waals surface area contributed by atoms with Crippen molar-refractivity contribution in [2.45, 2.75) is 37.8 Å². The third-order valence-corrected chi connectivity index (χ3v) is 3.84. The van der Waals surface area contributed by atoms with Crippen LogP contribution in [0, 0.1) is 0 Å². The molecule has 0 aromatic rings. The van der Waals surface area contributed by atoms with E-state index >= 15 is 0 Å². The van der Waals surface area contributed by atoms with Crippen LogP contribution in [0.2, 0.25) is 0 Å². The minimum absolute atomic E-state index is 0. The number of halogens is 1. The van der Waals surface area contributed by atoms with Crippen LogP contribution in [0.5, 0.6) is 0 Å². The number of rotatable bonds is 6. The lowest BCUT2D eigenvalue weighted by Crippen LogP contribution is -2.44. The van der Waals surface area contributed by atoms with Gasteiger partial charge in [-0.25, -0.2) is 0 Å². The minimum Gasteiger partial charge on any atom is -0.376 e. The molecule has 5 nitrogen and oxygen atoms in total. The smallest absolute Gasteiger partial charge is 0.234 e. The summed E-state index contributed by atoms with van der Waals surface area (Å²) in [4.78, 5) is 14.2. The second kappa shape index (κ2) is 8.74. The first-order valence-electron chi connectivity index (χ1n) is 7.06. The topological polar surface area (TPSA) is 53.6 Å². The highest BCUT2D eigenvalue weighted by molar-refractivity contribution is 5.85. The molecular formula is C13H26ClN3O2. The first-order valence-corrected chi connectivity index (χ1v) is 7.06. The van der Waals surface area contributed by atoms with Crippen LogP contribution in [0.25, 0.3) is 0 Å². The molecule has 0 aliphatic carbocycles. The fourth-order valence-corrected chi connectivity index (χ4v) is 2.84. The van der Waals surface area contributed by atoms with Gasteiger partial charge in [0.15, 0.2) is 0 Å². The maximum Gasteiger partial charge on any atom is 0.234 e. The summed E-state index contributed by atoms with van der Waals surface area (Å²) in [6.45, 7) is 4.05. The summed E-state index contributed by atoms with van der Waals surface area (Å²) in [6, 6.07) is 0.517. The molecule has 2 rings (SSSR count). The van der Waals surface area contributed by atoms with Gasteiger partial charge in [0, 0.05) is 25.7 Å². The molecule has 2 unspecified atom stereocenters. The Hall–Kier alpha value is -0.360. The first-order chi connectivity index (χ1) is 8.79. The van der Waals surface area contributed by atoms with Gasteiger partial charge in [-0.1, -0.05) is 0 Å². The van der Waals surface area contributed by atoms with Crippen molar-refractivity contribution in [3.8, 4) is 0 Å². The minimum atomic E-state index is 0. The highest BCUT2D eigenvalue weighted by Gasteiger charge is 2.25. The average Bonchev–Trinajstić information content (AvgIpc) is 2.99. The van der Waals surface area contributed by atoms with Gasteiger partial charge in [-0.05, 0) is 39.3 Å². The highest BCUT2D eigenvalue weighted by atomic mass is 35.5. The molecule has 0 aromatic carbocycles. The summed E-state index contributed by atoms with van der Waals surface area (Å²) < 4.78 is 5.49. The Morgan fingerprint density at radius 2 is 2.16 bits per heavy atom. The number of likely N-dealkylation sites (tertiary alicyclic amines) is 1. The average molecular weight is 292 g/mol. The molecule has 1 amide bonds. The van der Waals surface area contributed by atoms with Gasteiger partial charge >= 0.3 is 0 Å². The number of amides is 1. The van der Waals surface area contributed by atoms with E-state index in [1.165, 1.54) is 12.8 Å². The van der Waals surface area contributed by atoms with E-state index in [1.807, 2.05) is 7.05 Å². The Kier molecular flexibility index (Phi) is 7.68. The number of carbonyl (C=O) groups excluding carboxylic acids is 1. The zero-order valence-electron chi connectivity index (χ0n) is 11.7. The molecule has 2 heterocycles. The van der Waals surface area contributed by atoms with Crippen LogP contribution in [0.3, 0.4) is 0 Å². The van der Waals surface area contributed by atoms with Crippen LogP contribution < -0.4 is 10.6 Å². The Labute approximate surface area is 121 Å². The van der Waals surface area contributed by atoms with E-state index in [4.69, 9.17) is 4.74 Å². The van der Waals surface area contributed by atoms with Gasteiger partial charge in [-0.3, -0.25) is 9.69 Å². The van der Waals surface area contributed by atoms with Crippen LogP contribution >= 0.6 is 12.4 Å². The van der Waals surface area contributed by atoms with Crippen LogP contribution in [0.1, 0.15) is 25.7 Å². The third kappa shape index (κ3) is 5.26. The third-order valence-electron chi connectivity index (χ3n) is 3.84. The Morgan fingerprint density at radius 1 is 1.32 bits per heavy atom. The van der Waals surface area contributed by atoms with E-state index in [9.17, 15) is 4.79 Å². The summed E-state index contributed by atoms with van der Waals surface area (Å²) in [5, 5.41) is 6.18. The predicted molar refractivity (Wildman–Crippen MR) is 77.8 cm³/mol. The zero-order valence-corrected chi connectivity index (χ0v) is 12.5. The summed E-state index contributed by atoms with van der Waals surface area (Å²) in [5.74, 6) is 0.133. The molecule has 0 saturated carbocycles. The molecule has 0 radical (unpaired) electrons. The zero-order chi connectivity index (χ0) is 12.8. The van der Waals surface area contributed by atoms with Crippen LogP contribution in [0.15, 0.2) is 0 Å². The quantitative estimate of drug-likeness (QED) is 0.743. The maximum absolute atomic E-state index is 11.9. The van der Waals surface area contributed by atoms with E-state index < -0.39 is 0 Å². The van der Waals surface area contributed by atoms with E-state index in [1.54, 1.807) is 0 Å². The monoisotopic (exact) mass is 291 g/mol. The molecule has 2 saturated heterocycles. The normalized spacial score (nSPS) is 27.2. The molecule has 2 fully saturated rings. The molecule has 19 heavy (non-hydrogen) atoms. The van der Waals surface area contributed by atoms with Crippen molar-refractivity contribution >= 4 is 18.3 Å². The fourth-order valence-electron chi connectivity index (χ4n) is 2.84. The number of nitrogens with zero attached hydrogens (tertiary/aromatic N) is 1. The standard InChI is InChI=1S/C13H25N3O2.ClH/c1-14-8-11-4-2-6-16(11)10-13(17)15-9-12-5-3-7-18-12;/h11-12,14H,2-10H2,1H3,(H,15,17);1H. The molecule has 2 atom stereocenters. The predicted octanol–water partition coefficient (Wildman–Crippen LogP) is 0.387. The number of ether oxygens (including phenoxy) is 1. The maximum atomic E-state index is 11.9. The lowest BCUT2D eigenvalue weighted by atomic mass is 10.2. The summed E-state index contributed by atoms with van der Waals surface area (Å²) in [6.07, 6.45) is 4.83. The lowest BCUT2D eigenvalue weighted by molar-refractivity contribution is -0.122. The van der Waals surface area contributed by atoms with Gasteiger partial charge < -0.3 is 15.4 Å². The van der Waals surface area contributed by atoms with E-state index in [2.05, 4.69) is 15.5 Å². The molecule has 2 N–H and O–H groups in total. The van der Waals surface area contributed by atoms with Crippen molar-refractivity contribution in [1.29, 1.82) is 0 Å². The lowest BCUT2D eigenvalue weighted by Gasteiger charge is -2.23. The summed E-state index contributed by atoms with van der Waals surface area (Å²) >= 11 is 0. The van der Waals surface area contributed by atoms with Crippen molar-refractivity contribution in [3.05, 3.63) is 0 Å². The van der Waals surface area contributed by atoms with Crippen LogP contribution in [-0.2, 0) is 9.53 Å². The number of carbonyl (C=O) groups is 1. The molecule has 0 aromatic heterocycles. The SMILES string of the molecule is CNCC1CCCN1CC(=O)NCC1CCCO1.Cl. The molecule has 0 spiro atoms. The van der Waals surface area contributed by atoms with Gasteiger partial charge in [0.1, 0.15) is 0 Å². The Balaban J connectivity index is 0.00000180. The largest absolute Gasteiger partial charge is 0.376 e. The van der Waals surface area contributed by atoms with Crippen LogP contribution in [0.4, 0.5) is 0 Å². The molecule has 112 valence electrons. The van der Waals surface area contributed by atoms with E-state index in [-0.39, 0.29) is 24.4 Å². The second-order valence-corrected chi connectivity index (χ2v) is 5.26. The van der Waals surface area contributed by atoms with Gasteiger partial charge in [-0.2, -0.15) is 0 Å². The molecule has 0 bridgehead atoms. The van der Waals surface area contributed by atoms with Gasteiger partial charge in [-0.15, -0.1) is 12.4 Å². The van der Waals surface area contributed by atoms with E-state index in [0.29, 0.717) is 19.1 Å². The van der Waals surface area contributed by atoms with Gasteiger partial charge in [0.2, 0.25) is 5.91 Å². The second-order valence-electron chi connectivity index (χ2n) is 5.26. The number of hydrogen-bond acceptors (Lipinski definition) is 4. The molecule has 6 heteroatoms. The molecule has 2 aliphatic rings. The Bertz CT molecular complexity index is 273. The first kappa shape index (κ1) is 16.7. The summed E-state index contributed by atoms with van der Waals surface area (Å²) in [5.41, 5.74) is 0. The van der Waals surface area contributed by atoms with Crippen molar-refractivity contribution in [3.63, 3.8) is 0 Å². The Morgan fingerprint density at radius 3 is 2.84 bits per heavy atom. The van der Waals surface area contributed by atoms with Crippen molar-refractivity contribution in [1.82, 2.24) is 15.5 Å². The number of hydrogen-bond donors (Lipinski definition) is 2. The molecule has 2 aliphatic heterocycles. The van der Waals surface area contributed by atoms with Gasteiger partial charge in [0.25, 0.3) is 0 Å². The molecular weight excluding hydrogens is 266 g/mol. The van der Waals surface area contributed by atoms with E-state index in [0.717, 1.165) is 32.5 Å².